The van der Waals surface area contributed by atoms with Gasteiger partial charge in [0.05, 0.1) is 12.4 Å². The molecule has 112 valence electrons. The molecule has 0 aliphatic rings. The van der Waals surface area contributed by atoms with E-state index >= 15 is 0 Å². The summed E-state index contributed by atoms with van der Waals surface area (Å²) in [5.41, 5.74) is 1.70. The number of aromatic nitrogens is 2. The fourth-order valence-electron chi connectivity index (χ4n) is 1.83. The Balaban J connectivity index is 2.16. The van der Waals surface area contributed by atoms with Crippen molar-refractivity contribution in [3.63, 3.8) is 0 Å². The smallest absolute Gasteiger partial charge is 0.264 e. The number of aryl methyl sites for hydroxylation is 1. The number of rotatable bonds is 6. The van der Waals surface area contributed by atoms with Gasteiger partial charge in [0.25, 0.3) is 10.0 Å². The van der Waals surface area contributed by atoms with Crippen molar-refractivity contribution in [2.45, 2.75) is 24.7 Å². The van der Waals surface area contributed by atoms with Crippen LogP contribution in [0, 0.1) is 0 Å². The molecule has 0 bridgehead atoms. The van der Waals surface area contributed by atoms with E-state index in [0.29, 0.717) is 11.6 Å². The maximum Gasteiger partial charge on any atom is 0.264 e. The van der Waals surface area contributed by atoms with Crippen molar-refractivity contribution in [3.05, 3.63) is 42.2 Å². The van der Waals surface area contributed by atoms with Crippen LogP contribution in [0.4, 0.5) is 11.6 Å². The molecule has 1 aromatic heterocycles. The van der Waals surface area contributed by atoms with Crippen LogP contribution >= 0.6 is 0 Å². The zero-order chi connectivity index (χ0) is 15.3. The fraction of sp³-hybridized carbons (Fsp3) is 0.286. The summed E-state index contributed by atoms with van der Waals surface area (Å²) in [6.45, 7) is 2.10. The van der Waals surface area contributed by atoms with E-state index in [4.69, 9.17) is 0 Å². The van der Waals surface area contributed by atoms with Crippen molar-refractivity contribution in [3.8, 4) is 0 Å². The van der Waals surface area contributed by atoms with E-state index in [9.17, 15) is 8.42 Å². The van der Waals surface area contributed by atoms with E-state index < -0.39 is 10.0 Å². The lowest BCUT2D eigenvalue weighted by atomic mass is 10.1. The number of hydrogen-bond donors (Lipinski definition) is 2. The van der Waals surface area contributed by atoms with Crippen molar-refractivity contribution in [1.82, 2.24) is 9.97 Å². The van der Waals surface area contributed by atoms with Crippen LogP contribution in [-0.4, -0.2) is 25.4 Å². The second-order valence-electron chi connectivity index (χ2n) is 4.54. The Bertz CT molecular complexity index is 682. The minimum atomic E-state index is -3.67. The van der Waals surface area contributed by atoms with Gasteiger partial charge in [0.2, 0.25) is 5.95 Å². The number of anilines is 2. The van der Waals surface area contributed by atoms with Crippen LogP contribution in [0.5, 0.6) is 0 Å². The highest BCUT2D eigenvalue weighted by atomic mass is 32.2. The highest BCUT2D eigenvalue weighted by molar-refractivity contribution is 7.92. The van der Waals surface area contributed by atoms with Gasteiger partial charge in [-0.25, -0.2) is 18.4 Å². The first-order chi connectivity index (χ1) is 10.0. The van der Waals surface area contributed by atoms with Crippen LogP contribution in [0.2, 0.25) is 0 Å². The third-order valence-electron chi connectivity index (χ3n) is 2.91. The molecule has 0 aliphatic heterocycles. The van der Waals surface area contributed by atoms with Crippen LogP contribution in [-0.2, 0) is 16.4 Å². The van der Waals surface area contributed by atoms with Gasteiger partial charge >= 0.3 is 0 Å². The summed E-state index contributed by atoms with van der Waals surface area (Å²) < 4.78 is 26.9. The van der Waals surface area contributed by atoms with Gasteiger partial charge < -0.3 is 5.32 Å². The Labute approximate surface area is 124 Å². The van der Waals surface area contributed by atoms with Crippen LogP contribution in [0.1, 0.15) is 18.9 Å². The molecule has 21 heavy (non-hydrogen) atoms. The van der Waals surface area contributed by atoms with E-state index in [2.05, 4.69) is 26.9 Å². The molecule has 1 aromatic carbocycles. The van der Waals surface area contributed by atoms with Crippen LogP contribution in [0.25, 0.3) is 0 Å². The monoisotopic (exact) mass is 306 g/mol. The van der Waals surface area contributed by atoms with Gasteiger partial charge in [0.1, 0.15) is 4.90 Å². The van der Waals surface area contributed by atoms with Gasteiger partial charge in [-0.3, -0.25) is 4.72 Å². The van der Waals surface area contributed by atoms with Gasteiger partial charge in [-0.1, -0.05) is 25.5 Å². The number of nitrogens with one attached hydrogen (secondary N) is 2. The molecular weight excluding hydrogens is 288 g/mol. The fourth-order valence-corrected chi connectivity index (χ4v) is 2.77. The first-order valence-electron chi connectivity index (χ1n) is 6.66. The summed E-state index contributed by atoms with van der Waals surface area (Å²) in [7, 11) is -2.00. The van der Waals surface area contributed by atoms with Crippen LogP contribution < -0.4 is 10.0 Å². The number of nitrogens with zero attached hydrogens (tertiary/aromatic N) is 2. The second-order valence-corrected chi connectivity index (χ2v) is 6.23. The quantitative estimate of drug-likeness (QED) is 0.855. The molecule has 2 rings (SSSR count). The van der Waals surface area contributed by atoms with Gasteiger partial charge in [-0.05, 0) is 24.1 Å². The normalized spacial score (nSPS) is 11.1. The first-order valence-corrected chi connectivity index (χ1v) is 8.15. The molecule has 0 amide bonds. The summed E-state index contributed by atoms with van der Waals surface area (Å²) in [6.07, 6.45) is 4.58. The molecule has 0 atom stereocenters. The van der Waals surface area contributed by atoms with E-state index in [1.54, 1.807) is 19.2 Å². The third-order valence-corrected chi connectivity index (χ3v) is 4.24. The summed E-state index contributed by atoms with van der Waals surface area (Å²) >= 11 is 0. The molecule has 2 aromatic rings. The molecule has 0 fully saturated rings. The molecule has 0 unspecified atom stereocenters. The van der Waals surface area contributed by atoms with E-state index in [1.807, 2.05) is 12.1 Å². The number of hydrogen-bond acceptors (Lipinski definition) is 5. The van der Waals surface area contributed by atoms with Gasteiger partial charge in [-0.2, -0.15) is 0 Å². The van der Waals surface area contributed by atoms with E-state index in [0.717, 1.165) is 12.8 Å². The van der Waals surface area contributed by atoms with Gasteiger partial charge in [-0.15, -0.1) is 0 Å². The Morgan fingerprint density at radius 2 is 1.71 bits per heavy atom. The summed E-state index contributed by atoms with van der Waals surface area (Å²) in [5.74, 6) is 0.373. The Hall–Kier alpha value is -2.15. The van der Waals surface area contributed by atoms with E-state index in [1.165, 1.54) is 18.0 Å². The molecule has 0 saturated heterocycles. The summed E-state index contributed by atoms with van der Waals surface area (Å²) in [6, 6.07) is 7.35. The number of benzene rings is 1. The van der Waals surface area contributed by atoms with Crippen LogP contribution in [0.3, 0.4) is 0 Å². The topological polar surface area (TPSA) is 84.0 Å². The summed E-state index contributed by atoms with van der Waals surface area (Å²) in [4.78, 5) is 7.83. The minimum Gasteiger partial charge on any atom is -0.357 e. The molecule has 0 aliphatic carbocycles. The highest BCUT2D eigenvalue weighted by Crippen LogP contribution is 2.16. The predicted molar refractivity (Wildman–Crippen MR) is 82.8 cm³/mol. The van der Waals surface area contributed by atoms with Crippen molar-refractivity contribution < 1.29 is 8.42 Å². The van der Waals surface area contributed by atoms with Crippen LogP contribution in [0.15, 0.2) is 41.6 Å². The lowest BCUT2D eigenvalue weighted by molar-refractivity contribution is 0.600. The molecule has 2 N–H and O–H groups in total. The lowest BCUT2D eigenvalue weighted by Crippen LogP contribution is -2.14. The first kappa shape index (κ1) is 15.2. The SMILES string of the molecule is CCCc1ccc(NS(=O)(=O)c2cnc(NC)nc2)cc1. The highest BCUT2D eigenvalue weighted by Gasteiger charge is 2.15. The zero-order valence-electron chi connectivity index (χ0n) is 12.0. The average Bonchev–Trinajstić information content (AvgIpc) is 2.49. The van der Waals surface area contributed by atoms with Gasteiger partial charge in [0.15, 0.2) is 0 Å². The maximum atomic E-state index is 12.2. The molecule has 6 nitrogen and oxygen atoms in total. The van der Waals surface area contributed by atoms with Crippen molar-refractivity contribution in [1.29, 1.82) is 0 Å². The third kappa shape index (κ3) is 3.91. The van der Waals surface area contributed by atoms with E-state index in [-0.39, 0.29) is 4.90 Å². The number of sulfonamides is 1. The molecule has 7 heteroatoms. The molecule has 1 heterocycles. The molecule has 0 spiro atoms. The Kier molecular flexibility index (Phi) is 4.74. The second kappa shape index (κ2) is 6.53. The minimum absolute atomic E-state index is 0.0270. The maximum absolute atomic E-state index is 12.2. The predicted octanol–water partition coefficient (Wildman–Crippen LogP) is 2.27. The Morgan fingerprint density at radius 3 is 2.24 bits per heavy atom. The summed E-state index contributed by atoms with van der Waals surface area (Å²) in [5, 5.41) is 2.74. The van der Waals surface area contributed by atoms with Gasteiger partial charge in [0, 0.05) is 12.7 Å². The largest absolute Gasteiger partial charge is 0.357 e. The molecular formula is C14H18N4O2S. The molecule has 0 radical (unpaired) electrons. The Morgan fingerprint density at radius 1 is 1.10 bits per heavy atom. The standard InChI is InChI=1S/C14H18N4O2S/c1-3-4-11-5-7-12(8-6-11)18-21(19,20)13-9-16-14(15-2)17-10-13/h5-10,18H,3-4H2,1-2H3,(H,15,16,17). The molecule has 0 saturated carbocycles. The van der Waals surface area contributed by atoms with Crippen molar-refractivity contribution in [2.75, 3.05) is 17.1 Å². The average molecular weight is 306 g/mol. The lowest BCUT2D eigenvalue weighted by Gasteiger charge is -2.08. The van der Waals surface area contributed by atoms with Crippen molar-refractivity contribution >= 4 is 21.7 Å². The zero-order valence-corrected chi connectivity index (χ0v) is 12.8. The van der Waals surface area contributed by atoms with Crippen molar-refractivity contribution in [2.24, 2.45) is 0 Å².